The zero-order valence-corrected chi connectivity index (χ0v) is 12.9. The molecule has 1 aliphatic carbocycles. The minimum atomic E-state index is -0.620. The molecule has 0 amide bonds. The number of rotatable bonds is 2. The van der Waals surface area contributed by atoms with Crippen molar-refractivity contribution in [1.29, 1.82) is 0 Å². The summed E-state index contributed by atoms with van der Waals surface area (Å²) >= 11 is 6.40. The lowest BCUT2D eigenvalue weighted by Gasteiger charge is -2.09. The molecule has 114 valence electrons. The first-order valence-electron chi connectivity index (χ1n) is 6.85. The summed E-state index contributed by atoms with van der Waals surface area (Å²) in [6.07, 6.45) is 4.73. The topological polar surface area (TPSA) is 44.1 Å². The lowest BCUT2D eigenvalue weighted by molar-refractivity contribution is 0.0932. The summed E-state index contributed by atoms with van der Waals surface area (Å²) in [7, 11) is 1.56. The number of carbonyl (C=O) groups is 1. The number of hydrogen-bond donors (Lipinski definition) is 0. The zero-order chi connectivity index (χ0) is 15.9. The molecule has 2 aromatic rings. The zero-order valence-electron chi connectivity index (χ0n) is 12.2. The number of carbonyl (C=O) groups excluding carboxylic acids is 1. The van der Waals surface area contributed by atoms with Gasteiger partial charge in [-0.3, -0.25) is 9.36 Å². The lowest BCUT2D eigenvalue weighted by atomic mass is 10.0. The van der Waals surface area contributed by atoms with Crippen molar-refractivity contribution in [2.24, 2.45) is 0 Å². The van der Waals surface area contributed by atoms with E-state index in [2.05, 4.69) is 4.98 Å². The normalized spacial score (nSPS) is 13.5. The number of methoxy groups -OCH3 is 1. The summed E-state index contributed by atoms with van der Waals surface area (Å²) in [5.41, 5.74) is 0.754. The third-order valence-corrected chi connectivity index (χ3v) is 4.08. The molecule has 3 rings (SSSR count). The molecule has 0 aromatic carbocycles. The molecule has 2 heterocycles. The van der Waals surface area contributed by atoms with Crippen LogP contribution in [0.25, 0.3) is 23.0 Å². The molecule has 0 bridgehead atoms. The van der Waals surface area contributed by atoms with E-state index in [4.69, 9.17) is 16.3 Å². The molecule has 6 heteroatoms. The van der Waals surface area contributed by atoms with Crippen molar-refractivity contribution in [3.63, 3.8) is 0 Å². The van der Waals surface area contributed by atoms with E-state index in [-0.39, 0.29) is 16.6 Å². The van der Waals surface area contributed by atoms with Crippen molar-refractivity contribution in [1.82, 2.24) is 9.55 Å². The number of pyridine rings is 1. The molecule has 0 atom stereocenters. The fourth-order valence-corrected chi connectivity index (χ4v) is 3.23. The average molecular weight is 321 g/mol. The Balaban J connectivity index is 2.51. The largest absolute Gasteiger partial charge is 0.499 e. The van der Waals surface area contributed by atoms with Crippen molar-refractivity contribution < 1.29 is 13.9 Å². The van der Waals surface area contributed by atoms with Crippen molar-refractivity contribution in [3.8, 4) is 11.1 Å². The molecule has 0 radical (unpaired) electrons. The fourth-order valence-electron chi connectivity index (χ4n) is 2.82. The minimum Gasteiger partial charge on any atom is -0.499 e. The van der Waals surface area contributed by atoms with Gasteiger partial charge in [-0.05, 0) is 18.6 Å². The van der Waals surface area contributed by atoms with Crippen LogP contribution in [0.3, 0.4) is 0 Å². The number of ether oxygens (including phenoxy) is 1. The number of hydrogen-bond acceptors (Lipinski definition) is 3. The molecule has 2 aromatic heterocycles. The van der Waals surface area contributed by atoms with E-state index in [1.54, 1.807) is 19.2 Å². The Morgan fingerprint density at radius 1 is 1.50 bits per heavy atom. The van der Waals surface area contributed by atoms with Gasteiger partial charge in [0, 0.05) is 35.9 Å². The standard InChI is InChI=1S/C16H14ClFN2O2/c1-9(21)20-14-10(5-3-7-12(14)22-2)13(15(20)17)11-6-4-8-19-16(11)18/h4-6,8H,3,7H2,1-2H3. The van der Waals surface area contributed by atoms with E-state index in [0.29, 0.717) is 23.1 Å². The number of aromatic nitrogens is 2. The first-order valence-corrected chi connectivity index (χ1v) is 7.23. The summed E-state index contributed by atoms with van der Waals surface area (Å²) in [6, 6.07) is 3.24. The quantitative estimate of drug-likeness (QED) is 0.798. The Bertz CT molecular complexity index is 886. The van der Waals surface area contributed by atoms with E-state index in [0.717, 1.165) is 11.6 Å². The second-order valence-corrected chi connectivity index (χ2v) is 5.35. The van der Waals surface area contributed by atoms with Gasteiger partial charge in [0.05, 0.1) is 12.5 Å². The van der Waals surface area contributed by atoms with Gasteiger partial charge in [0.2, 0.25) is 11.9 Å². The van der Waals surface area contributed by atoms with Crippen molar-refractivity contribution in [3.05, 3.63) is 40.0 Å². The van der Waals surface area contributed by atoms with E-state index >= 15 is 0 Å². The van der Waals surface area contributed by atoms with Gasteiger partial charge in [-0.2, -0.15) is 4.39 Å². The Kier molecular flexibility index (Phi) is 3.74. The maximum absolute atomic E-state index is 14.1. The summed E-state index contributed by atoms with van der Waals surface area (Å²) in [5.74, 6) is -0.197. The molecule has 0 spiro atoms. The van der Waals surface area contributed by atoms with Gasteiger partial charge in [-0.15, -0.1) is 0 Å². The van der Waals surface area contributed by atoms with Crippen LogP contribution in [0.15, 0.2) is 18.3 Å². The maximum Gasteiger partial charge on any atom is 0.229 e. The summed E-state index contributed by atoms with van der Waals surface area (Å²) < 4.78 is 20.9. The van der Waals surface area contributed by atoms with Gasteiger partial charge in [-0.25, -0.2) is 4.98 Å². The third-order valence-electron chi connectivity index (χ3n) is 3.72. The fraction of sp³-hybridized carbons (Fsp3) is 0.250. The van der Waals surface area contributed by atoms with Crippen molar-refractivity contribution in [2.45, 2.75) is 19.8 Å². The Hall–Kier alpha value is -2.14. The van der Waals surface area contributed by atoms with Crippen LogP contribution >= 0.6 is 11.6 Å². The molecule has 0 unspecified atom stereocenters. The van der Waals surface area contributed by atoms with Gasteiger partial charge in [0.15, 0.2) is 0 Å². The van der Waals surface area contributed by atoms with E-state index in [9.17, 15) is 9.18 Å². The van der Waals surface area contributed by atoms with Crippen LogP contribution in [0.5, 0.6) is 0 Å². The first-order chi connectivity index (χ1) is 10.6. The molecule has 0 aliphatic heterocycles. The van der Waals surface area contributed by atoms with Crippen LogP contribution in [0.2, 0.25) is 5.15 Å². The smallest absolute Gasteiger partial charge is 0.229 e. The lowest BCUT2D eigenvalue weighted by Crippen LogP contribution is -2.37. The Labute approximate surface area is 131 Å². The van der Waals surface area contributed by atoms with E-state index < -0.39 is 5.95 Å². The molecule has 0 saturated carbocycles. The Morgan fingerprint density at radius 3 is 2.91 bits per heavy atom. The third kappa shape index (κ3) is 2.13. The molecule has 4 nitrogen and oxygen atoms in total. The molecule has 22 heavy (non-hydrogen) atoms. The van der Waals surface area contributed by atoms with Gasteiger partial charge in [0.1, 0.15) is 10.9 Å². The minimum absolute atomic E-state index is 0.178. The van der Waals surface area contributed by atoms with Gasteiger partial charge in [-0.1, -0.05) is 17.7 Å². The van der Waals surface area contributed by atoms with Gasteiger partial charge >= 0.3 is 0 Å². The van der Waals surface area contributed by atoms with Gasteiger partial charge < -0.3 is 4.74 Å². The van der Waals surface area contributed by atoms with Crippen LogP contribution in [-0.4, -0.2) is 22.6 Å². The molecular formula is C16H14ClFN2O2. The molecule has 0 saturated heterocycles. The predicted molar refractivity (Wildman–Crippen MR) is 82.3 cm³/mol. The van der Waals surface area contributed by atoms with Crippen LogP contribution in [0.1, 0.15) is 24.6 Å². The highest BCUT2D eigenvalue weighted by atomic mass is 35.5. The summed E-state index contributed by atoms with van der Waals surface area (Å²) in [6.45, 7) is 1.41. The SMILES string of the molecule is COC1=c2c(c(-c3cccnc3F)c(Cl)n2C(C)=O)=CCC1. The van der Waals surface area contributed by atoms with E-state index in [1.165, 1.54) is 17.7 Å². The molecule has 0 fully saturated rings. The highest BCUT2D eigenvalue weighted by molar-refractivity contribution is 6.33. The second-order valence-electron chi connectivity index (χ2n) is 4.99. The van der Waals surface area contributed by atoms with Crippen LogP contribution in [-0.2, 0) is 4.74 Å². The van der Waals surface area contributed by atoms with Crippen LogP contribution in [0.4, 0.5) is 4.39 Å². The van der Waals surface area contributed by atoms with E-state index in [1.807, 2.05) is 6.08 Å². The monoisotopic (exact) mass is 320 g/mol. The van der Waals surface area contributed by atoms with Crippen molar-refractivity contribution in [2.75, 3.05) is 7.11 Å². The number of halogens is 2. The highest BCUT2D eigenvalue weighted by Crippen LogP contribution is 2.27. The maximum atomic E-state index is 14.1. The van der Waals surface area contributed by atoms with Crippen LogP contribution in [0, 0.1) is 5.95 Å². The first kappa shape index (κ1) is 14.8. The molecule has 0 N–H and O–H groups in total. The molecular weight excluding hydrogens is 307 g/mol. The Morgan fingerprint density at radius 2 is 2.27 bits per heavy atom. The summed E-state index contributed by atoms with van der Waals surface area (Å²) in [4.78, 5) is 15.7. The summed E-state index contributed by atoms with van der Waals surface area (Å²) in [5, 5.41) is 1.50. The highest BCUT2D eigenvalue weighted by Gasteiger charge is 2.23. The van der Waals surface area contributed by atoms with Crippen molar-refractivity contribution >= 4 is 29.3 Å². The van der Waals surface area contributed by atoms with Gasteiger partial charge in [0.25, 0.3) is 0 Å². The number of fused-ring (bicyclic) bond motifs is 1. The van der Waals surface area contributed by atoms with Crippen LogP contribution < -0.4 is 10.6 Å². The average Bonchev–Trinajstić information content (AvgIpc) is 2.80. The second kappa shape index (κ2) is 5.57. The number of nitrogens with zero attached hydrogens (tertiary/aromatic N) is 2. The predicted octanol–water partition coefficient (Wildman–Crippen LogP) is 2.33. The molecule has 1 aliphatic rings.